The first-order valence-electron chi connectivity index (χ1n) is 14.5. The van der Waals surface area contributed by atoms with E-state index < -0.39 is 0 Å². The van der Waals surface area contributed by atoms with Gasteiger partial charge in [0.05, 0.1) is 0 Å². The van der Waals surface area contributed by atoms with Crippen LogP contribution in [0.5, 0.6) is 0 Å². The average Bonchev–Trinajstić information content (AvgIpc) is 3.35. The van der Waals surface area contributed by atoms with Crippen molar-refractivity contribution in [3.8, 4) is 44.5 Å². The first-order chi connectivity index (χ1) is 19.7. The molecule has 0 spiro atoms. The highest BCUT2D eigenvalue weighted by Gasteiger charge is 2.42. The predicted octanol–water partition coefficient (Wildman–Crippen LogP) is 11.5. The molecule has 8 rings (SSSR count). The topological polar surface area (TPSA) is 0 Å². The molecular formula is C40H31Br. The van der Waals surface area contributed by atoms with Crippen LogP contribution in [-0.4, -0.2) is 0 Å². The number of hydrogen-bond donors (Lipinski definition) is 0. The predicted molar refractivity (Wildman–Crippen MR) is 178 cm³/mol. The second kappa shape index (κ2) is 8.54. The minimum Gasteiger partial charge on any atom is -0.0622 e. The SMILES string of the molecule is CC1(C)c2cc(Br)ccc2-c2cc3c(cc21)-c1c(cc(-c2ccc(-c4ccccc4)cc2)c2ccccc12)C3(C)C. The highest BCUT2D eigenvalue weighted by Crippen LogP contribution is 2.58. The van der Waals surface area contributed by atoms with Gasteiger partial charge < -0.3 is 0 Å². The molecule has 6 aromatic rings. The third kappa shape index (κ3) is 3.45. The van der Waals surface area contributed by atoms with E-state index in [1.165, 1.54) is 77.5 Å². The summed E-state index contributed by atoms with van der Waals surface area (Å²) < 4.78 is 1.14. The lowest BCUT2D eigenvalue weighted by atomic mass is 9.79. The maximum Gasteiger partial charge on any atom is 0.0178 e. The summed E-state index contributed by atoms with van der Waals surface area (Å²) in [4.78, 5) is 0. The lowest BCUT2D eigenvalue weighted by Crippen LogP contribution is -2.17. The van der Waals surface area contributed by atoms with Gasteiger partial charge in [-0.2, -0.15) is 0 Å². The standard InChI is InChI=1S/C40H31Br/c1-39(2)34-20-27(41)18-19-29(34)32-22-36-33(23-35(32)39)38-30-13-9-8-12-28(30)31(21-37(38)40(36,3)4)26-16-14-25(15-17-26)24-10-6-5-7-11-24/h5-23H,1-4H3. The Bertz CT molecular complexity index is 2030. The minimum atomic E-state index is -0.106. The van der Waals surface area contributed by atoms with Crippen molar-refractivity contribution < 1.29 is 0 Å². The smallest absolute Gasteiger partial charge is 0.0178 e. The van der Waals surface area contributed by atoms with E-state index in [4.69, 9.17) is 0 Å². The van der Waals surface area contributed by atoms with E-state index in [-0.39, 0.29) is 10.8 Å². The summed E-state index contributed by atoms with van der Waals surface area (Å²) in [6.45, 7) is 9.56. The van der Waals surface area contributed by atoms with E-state index in [9.17, 15) is 0 Å². The van der Waals surface area contributed by atoms with Crippen LogP contribution in [0.3, 0.4) is 0 Å². The second-order valence-electron chi connectivity index (χ2n) is 12.7. The largest absolute Gasteiger partial charge is 0.0622 e. The fourth-order valence-electron chi connectivity index (χ4n) is 7.49. The molecule has 198 valence electrons. The van der Waals surface area contributed by atoms with Gasteiger partial charge in [0.15, 0.2) is 0 Å². The van der Waals surface area contributed by atoms with Crippen molar-refractivity contribution in [1.82, 2.24) is 0 Å². The molecule has 0 amide bonds. The van der Waals surface area contributed by atoms with Gasteiger partial charge in [-0.3, -0.25) is 0 Å². The van der Waals surface area contributed by atoms with E-state index >= 15 is 0 Å². The number of fused-ring (bicyclic) bond motifs is 8. The molecule has 2 aliphatic carbocycles. The summed E-state index contributed by atoms with van der Waals surface area (Å²) in [5, 5.41) is 2.66. The third-order valence-electron chi connectivity index (χ3n) is 9.74. The van der Waals surface area contributed by atoms with Gasteiger partial charge in [0, 0.05) is 15.3 Å². The van der Waals surface area contributed by atoms with E-state index in [0.717, 1.165) is 4.47 Å². The molecule has 0 nitrogen and oxygen atoms in total. The van der Waals surface area contributed by atoms with Gasteiger partial charge in [-0.05, 0) is 108 Å². The summed E-state index contributed by atoms with van der Waals surface area (Å²) in [5.74, 6) is 0. The summed E-state index contributed by atoms with van der Waals surface area (Å²) in [6.07, 6.45) is 0. The zero-order chi connectivity index (χ0) is 28.1. The van der Waals surface area contributed by atoms with Gasteiger partial charge in [0.2, 0.25) is 0 Å². The summed E-state index contributed by atoms with van der Waals surface area (Å²) in [7, 11) is 0. The van der Waals surface area contributed by atoms with Crippen LogP contribution in [0.1, 0.15) is 49.9 Å². The van der Waals surface area contributed by atoms with Crippen molar-refractivity contribution in [3.05, 3.63) is 142 Å². The maximum atomic E-state index is 3.72. The van der Waals surface area contributed by atoms with Crippen LogP contribution in [-0.2, 0) is 10.8 Å². The molecule has 0 atom stereocenters. The molecule has 0 N–H and O–H groups in total. The van der Waals surface area contributed by atoms with Crippen molar-refractivity contribution in [2.24, 2.45) is 0 Å². The summed E-state index contributed by atoms with van der Waals surface area (Å²) in [5.41, 5.74) is 16.2. The van der Waals surface area contributed by atoms with Gasteiger partial charge in [-0.25, -0.2) is 0 Å². The number of rotatable bonds is 2. The highest BCUT2D eigenvalue weighted by molar-refractivity contribution is 9.10. The quantitative estimate of drug-likeness (QED) is 0.188. The minimum absolute atomic E-state index is 0.0490. The molecule has 0 saturated heterocycles. The Hall–Kier alpha value is -3.94. The Balaban J connectivity index is 1.35. The van der Waals surface area contributed by atoms with Crippen LogP contribution < -0.4 is 0 Å². The Labute approximate surface area is 250 Å². The molecule has 2 aliphatic rings. The van der Waals surface area contributed by atoms with Gasteiger partial charge >= 0.3 is 0 Å². The molecule has 0 radical (unpaired) electrons. The Morgan fingerprint density at radius 3 is 1.71 bits per heavy atom. The molecular weight excluding hydrogens is 560 g/mol. The van der Waals surface area contributed by atoms with E-state index in [1.54, 1.807) is 0 Å². The van der Waals surface area contributed by atoms with Gasteiger partial charge in [-0.1, -0.05) is 129 Å². The molecule has 41 heavy (non-hydrogen) atoms. The van der Waals surface area contributed by atoms with Crippen molar-refractivity contribution in [1.29, 1.82) is 0 Å². The monoisotopic (exact) mass is 590 g/mol. The fourth-order valence-corrected chi connectivity index (χ4v) is 7.85. The van der Waals surface area contributed by atoms with Crippen LogP contribution in [0.4, 0.5) is 0 Å². The molecule has 0 fully saturated rings. The van der Waals surface area contributed by atoms with Crippen LogP contribution in [0.2, 0.25) is 0 Å². The number of hydrogen-bond acceptors (Lipinski definition) is 0. The van der Waals surface area contributed by atoms with Crippen LogP contribution in [0.15, 0.2) is 120 Å². The van der Waals surface area contributed by atoms with Crippen LogP contribution in [0, 0.1) is 0 Å². The Morgan fingerprint density at radius 2 is 0.951 bits per heavy atom. The van der Waals surface area contributed by atoms with Gasteiger partial charge in [0.1, 0.15) is 0 Å². The van der Waals surface area contributed by atoms with E-state index in [2.05, 4.69) is 159 Å². The number of benzene rings is 6. The molecule has 0 aromatic heterocycles. The Morgan fingerprint density at radius 1 is 0.415 bits per heavy atom. The van der Waals surface area contributed by atoms with Crippen molar-refractivity contribution in [2.45, 2.75) is 38.5 Å². The zero-order valence-electron chi connectivity index (χ0n) is 23.8. The summed E-state index contributed by atoms with van der Waals surface area (Å²) in [6, 6.07) is 43.0. The third-order valence-corrected chi connectivity index (χ3v) is 10.2. The normalized spacial score (nSPS) is 15.3. The molecule has 0 aliphatic heterocycles. The maximum absolute atomic E-state index is 3.72. The average molecular weight is 592 g/mol. The second-order valence-corrected chi connectivity index (χ2v) is 13.6. The van der Waals surface area contributed by atoms with E-state index in [0.29, 0.717) is 0 Å². The first-order valence-corrected chi connectivity index (χ1v) is 15.3. The van der Waals surface area contributed by atoms with Crippen molar-refractivity contribution in [2.75, 3.05) is 0 Å². The van der Waals surface area contributed by atoms with Crippen LogP contribution in [0.25, 0.3) is 55.3 Å². The molecule has 0 bridgehead atoms. The Kier molecular flexibility index (Phi) is 5.17. The van der Waals surface area contributed by atoms with E-state index in [1.807, 2.05) is 0 Å². The first kappa shape index (κ1) is 24.8. The van der Waals surface area contributed by atoms with Gasteiger partial charge in [0.25, 0.3) is 0 Å². The van der Waals surface area contributed by atoms with Crippen molar-refractivity contribution >= 4 is 26.7 Å². The zero-order valence-corrected chi connectivity index (χ0v) is 25.4. The molecule has 0 unspecified atom stereocenters. The summed E-state index contributed by atoms with van der Waals surface area (Å²) >= 11 is 3.72. The molecule has 0 saturated carbocycles. The number of halogens is 1. The lowest BCUT2D eigenvalue weighted by molar-refractivity contribution is 0.652. The van der Waals surface area contributed by atoms with Gasteiger partial charge in [-0.15, -0.1) is 0 Å². The lowest BCUT2D eigenvalue weighted by Gasteiger charge is -2.24. The molecule has 1 heteroatoms. The fraction of sp³-hybridized carbons (Fsp3) is 0.150. The molecule has 0 heterocycles. The van der Waals surface area contributed by atoms with Crippen molar-refractivity contribution in [3.63, 3.8) is 0 Å². The van der Waals surface area contributed by atoms with Crippen LogP contribution >= 0.6 is 15.9 Å². The molecule has 6 aromatic carbocycles. The highest BCUT2D eigenvalue weighted by atomic mass is 79.9.